The Kier molecular flexibility index (Phi) is 4.53. The molecule has 2 saturated heterocycles. The van der Waals surface area contributed by atoms with Crippen LogP contribution in [0, 0.1) is 27.4 Å². The Morgan fingerprint density at radius 3 is 2.39 bits per heavy atom. The highest BCUT2D eigenvalue weighted by Gasteiger charge is 2.65. The van der Waals surface area contributed by atoms with Gasteiger partial charge in [0.2, 0.25) is 11.8 Å². The second kappa shape index (κ2) is 7.10. The standard InChI is InChI=1S/C25H23N3O5/c1-25(2,3)22(29)21-19-18(20-17-10-5-4-7-14(17)11-12-26(20)21)23(30)27(24(19)31)15-8-6-9-16(13-15)28(32)33/h4-13,18-21H,1-3H3. The van der Waals surface area contributed by atoms with Gasteiger partial charge in [0.25, 0.3) is 5.69 Å². The van der Waals surface area contributed by atoms with Gasteiger partial charge in [-0.1, -0.05) is 51.1 Å². The molecule has 0 radical (unpaired) electrons. The largest absolute Gasteiger partial charge is 0.359 e. The highest BCUT2D eigenvalue weighted by molar-refractivity contribution is 6.24. The van der Waals surface area contributed by atoms with Crippen LogP contribution in [0.5, 0.6) is 0 Å². The third-order valence-electron chi connectivity index (χ3n) is 6.77. The molecule has 0 aromatic heterocycles. The van der Waals surface area contributed by atoms with Crippen molar-refractivity contribution in [1.82, 2.24) is 4.90 Å². The fraction of sp³-hybridized carbons (Fsp3) is 0.320. The number of ketones is 1. The van der Waals surface area contributed by atoms with Crippen LogP contribution >= 0.6 is 0 Å². The molecule has 4 atom stereocenters. The van der Waals surface area contributed by atoms with Crippen molar-refractivity contribution in [3.05, 3.63) is 76.0 Å². The molecule has 8 heteroatoms. The zero-order valence-corrected chi connectivity index (χ0v) is 18.5. The Balaban J connectivity index is 1.66. The van der Waals surface area contributed by atoms with E-state index < -0.39 is 46.1 Å². The molecule has 0 saturated carbocycles. The number of rotatable bonds is 3. The molecule has 3 heterocycles. The number of carbonyl (C=O) groups is 3. The number of Topliss-reactive ketones (excluding diaryl/α,β-unsaturated/α-hetero) is 1. The number of benzene rings is 2. The van der Waals surface area contributed by atoms with E-state index in [1.165, 1.54) is 24.3 Å². The maximum absolute atomic E-state index is 13.7. The van der Waals surface area contributed by atoms with Crippen molar-refractivity contribution in [2.24, 2.45) is 17.3 Å². The maximum Gasteiger partial charge on any atom is 0.271 e. The molecule has 2 amide bonds. The first-order valence-corrected chi connectivity index (χ1v) is 10.8. The molecule has 2 fully saturated rings. The number of imide groups is 1. The molecule has 0 N–H and O–H groups in total. The van der Waals surface area contributed by atoms with Gasteiger partial charge in [0.1, 0.15) is 6.04 Å². The van der Waals surface area contributed by atoms with Crippen LogP contribution in [-0.4, -0.2) is 33.5 Å². The fourth-order valence-corrected chi connectivity index (χ4v) is 5.30. The Bertz CT molecular complexity index is 1240. The second-order valence-corrected chi connectivity index (χ2v) is 9.74. The number of hydrogen-bond donors (Lipinski definition) is 0. The third kappa shape index (κ3) is 3.01. The number of anilines is 1. The fourth-order valence-electron chi connectivity index (χ4n) is 5.30. The molecule has 2 aromatic carbocycles. The smallest absolute Gasteiger partial charge is 0.271 e. The van der Waals surface area contributed by atoms with Gasteiger partial charge >= 0.3 is 0 Å². The van der Waals surface area contributed by atoms with E-state index in [1.54, 1.807) is 20.8 Å². The average molecular weight is 445 g/mol. The normalized spacial score (nSPS) is 25.7. The van der Waals surface area contributed by atoms with E-state index in [0.29, 0.717) is 0 Å². The summed E-state index contributed by atoms with van der Waals surface area (Å²) in [5.74, 6) is -2.68. The Morgan fingerprint density at radius 2 is 1.70 bits per heavy atom. The molecular formula is C25H23N3O5. The summed E-state index contributed by atoms with van der Waals surface area (Å²) in [4.78, 5) is 54.6. The number of amides is 2. The summed E-state index contributed by atoms with van der Waals surface area (Å²) in [5.41, 5.74) is 1.05. The number of hydrogen-bond acceptors (Lipinski definition) is 6. The Labute approximate surface area is 190 Å². The van der Waals surface area contributed by atoms with Gasteiger partial charge in [-0.3, -0.25) is 24.5 Å². The summed E-state index contributed by atoms with van der Waals surface area (Å²) < 4.78 is 0. The average Bonchev–Trinajstić information content (AvgIpc) is 3.25. The van der Waals surface area contributed by atoms with Crippen molar-refractivity contribution in [3.8, 4) is 0 Å². The predicted molar refractivity (Wildman–Crippen MR) is 121 cm³/mol. The number of nitro groups is 1. The number of carbonyl (C=O) groups excluding carboxylic acids is 3. The van der Waals surface area contributed by atoms with Crippen LogP contribution in [0.1, 0.15) is 37.9 Å². The SMILES string of the molecule is CC(C)(C)C(=O)C1C2C(=O)N(c3cccc([N+](=O)[O-])c3)C(=O)C2C2c3ccccc3C=CN12. The molecule has 0 bridgehead atoms. The molecule has 0 aliphatic carbocycles. The minimum Gasteiger partial charge on any atom is -0.359 e. The van der Waals surface area contributed by atoms with Crippen molar-refractivity contribution < 1.29 is 19.3 Å². The molecule has 33 heavy (non-hydrogen) atoms. The molecule has 4 unspecified atom stereocenters. The van der Waals surface area contributed by atoms with Crippen LogP contribution < -0.4 is 4.90 Å². The van der Waals surface area contributed by atoms with Gasteiger partial charge in [-0.15, -0.1) is 0 Å². The number of fused-ring (bicyclic) bond motifs is 5. The van der Waals surface area contributed by atoms with Crippen LogP contribution in [0.3, 0.4) is 0 Å². The summed E-state index contributed by atoms with van der Waals surface area (Å²) in [5, 5.41) is 11.3. The number of non-ortho nitro benzene ring substituents is 1. The van der Waals surface area contributed by atoms with Crippen LogP contribution in [0.25, 0.3) is 6.08 Å². The summed E-state index contributed by atoms with van der Waals surface area (Å²) in [6.07, 6.45) is 3.72. The van der Waals surface area contributed by atoms with Gasteiger partial charge in [0.15, 0.2) is 5.78 Å². The Hall–Kier alpha value is -3.81. The van der Waals surface area contributed by atoms with Crippen LogP contribution in [0.4, 0.5) is 11.4 Å². The van der Waals surface area contributed by atoms with Crippen LogP contribution in [0.2, 0.25) is 0 Å². The first-order valence-electron chi connectivity index (χ1n) is 10.8. The maximum atomic E-state index is 13.7. The van der Waals surface area contributed by atoms with Crippen LogP contribution in [0.15, 0.2) is 54.7 Å². The summed E-state index contributed by atoms with van der Waals surface area (Å²) >= 11 is 0. The van der Waals surface area contributed by atoms with Gasteiger partial charge in [-0.2, -0.15) is 0 Å². The van der Waals surface area contributed by atoms with E-state index in [4.69, 9.17) is 0 Å². The van der Waals surface area contributed by atoms with Gasteiger partial charge in [-0.05, 0) is 23.3 Å². The highest BCUT2D eigenvalue weighted by atomic mass is 16.6. The van der Waals surface area contributed by atoms with E-state index in [1.807, 2.05) is 41.4 Å². The van der Waals surface area contributed by atoms with E-state index in [2.05, 4.69) is 0 Å². The van der Waals surface area contributed by atoms with E-state index in [0.717, 1.165) is 16.0 Å². The molecule has 3 aliphatic rings. The van der Waals surface area contributed by atoms with Gasteiger partial charge in [-0.25, -0.2) is 4.90 Å². The molecule has 5 rings (SSSR count). The topological polar surface area (TPSA) is 101 Å². The molecule has 3 aliphatic heterocycles. The van der Waals surface area contributed by atoms with E-state index >= 15 is 0 Å². The molecular weight excluding hydrogens is 422 g/mol. The minimum atomic E-state index is -0.871. The number of nitro benzene ring substituents is 1. The monoisotopic (exact) mass is 445 g/mol. The van der Waals surface area contributed by atoms with Crippen molar-refractivity contribution in [2.75, 3.05) is 4.90 Å². The van der Waals surface area contributed by atoms with Gasteiger partial charge in [0, 0.05) is 23.7 Å². The highest BCUT2D eigenvalue weighted by Crippen LogP contribution is 2.54. The molecule has 168 valence electrons. The van der Waals surface area contributed by atoms with Gasteiger partial charge in [0.05, 0.1) is 28.5 Å². The van der Waals surface area contributed by atoms with Crippen molar-refractivity contribution >= 4 is 35.0 Å². The zero-order chi connectivity index (χ0) is 23.7. The number of nitrogens with zero attached hydrogens (tertiary/aromatic N) is 3. The summed E-state index contributed by atoms with van der Waals surface area (Å²) in [7, 11) is 0. The molecule has 2 aromatic rings. The first kappa shape index (κ1) is 21.1. The summed E-state index contributed by atoms with van der Waals surface area (Å²) in [6.45, 7) is 5.41. The van der Waals surface area contributed by atoms with Crippen molar-refractivity contribution in [2.45, 2.75) is 32.9 Å². The first-order chi connectivity index (χ1) is 15.6. The predicted octanol–water partition coefficient (Wildman–Crippen LogP) is 3.73. The lowest BCUT2D eigenvalue weighted by Crippen LogP contribution is -2.47. The molecule has 8 nitrogen and oxygen atoms in total. The lowest BCUT2D eigenvalue weighted by atomic mass is 9.79. The van der Waals surface area contributed by atoms with E-state index in [-0.39, 0.29) is 17.2 Å². The minimum absolute atomic E-state index is 0.119. The Morgan fingerprint density at radius 1 is 1.00 bits per heavy atom. The third-order valence-corrected chi connectivity index (χ3v) is 6.77. The second-order valence-electron chi connectivity index (χ2n) is 9.74. The zero-order valence-electron chi connectivity index (χ0n) is 18.5. The summed E-state index contributed by atoms with van der Waals surface area (Å²) in [6, 6.07) is 11.9. The van der Waals surface area contributed by atoms with Crippen molar-refractivity contribution in [1.29, 1.82) is 0 Å². The van der Waals surface area contributed by atoms with E-state index in [9.17, 15) is 24.5 Å². The molecule has 0 spiro atoms. The van der Waals surface area contributed by atoms with Gasteiger partial charge < -0.3 is 4.90 Å². The quantitative estimate of drug-likeness (QED) is 0.405. The van der Waals surface area contributed by atoms with Crippen LogP contribution in [-0.2, 0) is 14.4 Å². The van der Waals surface area contributed by atoms with Crippen molar-refractivity contribution in [3.63, 3.8) is 0 Å². The lowest BCUT2D eigenvalue weighted by Gasteiger charge is -2.37. The lowest BCUT2D eigenvalue weighted by molar-refractivity contribution is -0.384.